The molecule has 2 N–H and O–H groups in total. The van der Waals surface area contributed by atoms with Gasteiger partial charge in [-0.1, -0.05) is 36.4 Å². The summed E-state index contributed by atoms with van der Waals surface area (Å²) in [4.78, 5) is 4.38. The van der Waals surface area contributed by atoms with Gasteiger partial charge < -0.3 is 10.3 Å². The van der Waals surface area contributed by atoms with Gasteiger partial charge in [0.2, 0.25) is 0 Å². The van der Waals surface area contributed by atoms with Gasteiger partial charge in [0.05, 0.1) is 11.9 Å². The van der Waals surface area contributed by atoms with Crippen molar-refractivity contribution in [3.63, 3.8) is 0 Å². The molecule has 0 saturated heterocycles. The summed E-state index contributed by atoms with van der Waals surface area (Å²) in [6.07, 6.45) is 7.36. The van der Waals surface area contributed by atoms with Crippen LogP contribution < -0.4 is 5.73 Å². The SMILES string of the molecule is CC1(c2ccc(N)cc2-c2ccccc2)CCCc2cncn21. The van der Waals surface area contributed by atoms with Gasteiger partial charge in [-0.15, -0.1) is 0 Å². The third-order valence-corrected chi connectivity index (χ3v) is 5.05. The summed E-state index contributed by atoms with van der Waals surface area (Å²) in [5.74, 6) is 0. The van der Waals surface area contributed by atoms with E-state index in [1.54, 1.807) is 0 Å². The van der Waals surface area contributed by atoms with Crippen molar-refractivity contribution in [2.75, 3.05) is 5.73 Å². The van der Waals surface area contributed by atoms with Crippen molar-refractivity contribution in [1.82, 2.24) is 9.55 Å². The zero-order valence-corrected chi connectivity index (χ0v) is 13.4. The van der Waals surface area contributed by atoms with Gasteiger partial charge in [0.1, 0.15) is 0 Å². The standard InChI is InChI=1S/C20H21N3/c1-20(11-5-8-17-13-22-14-23(17)20)19-10-9-16(21)12-18(19)15-6-3-2-4-7-15/h2-4,6-7,9-10,12-14H,5,8,11,21H2,1H3. The van der Waals surface area contributed by atoms with Crippen molar-refractivity contribution < 1.29 is 0 Å². The number of aryl methyl sites for hydroxylation is 1. The molecule has 3 aromatic rings. The van der Waals surface area contributed by atoms with E-state index in [4.69, 9.17) is 5.73 Å². The Balaban J connectivity index is 1.94. The molecule has 1 aromatic heterocycles. The monoisotopic (exact) mass is 303 g/mol. The first-order valence-electron chi connectivity index (χ1n) is 8.15. The van der Waals surface area contributed by atoms with Crippen LogP contribution in [0.25, 0.3) is 11.1 Å². The molecule has 3 nitrogen and oxygen atoms in total. The molecule has 4 rings (SSSR count). The summed E-state index contributed by atoms with van der Waals surface area (Å²) in [7, 11) is 0. The van der Waals surface area contributed by atoms with Gasteiger partial charge in [0, 0.05) is 17.6 Å². The summed E-state index contributed by atoms with van der Waals surface area (Å²) in [6, 6.07) is 16.8. The molecule has 1 aliphatic heterocycles. The van der Waals surface area contributed by atoms with E-state index >= 15 is 0 Å². The fourth-order valence-corrected chi connectivity index (χ4v) is 3.84. The molecule has 0 spiro atoms. The minimum absolute atomic E-state index is 0.0804. The van der Waals surface area contributed by atoms with Crippen LogP contribution in [0.2, 0.25) is 0 Å². The molecule has 0 saturated carbocycles. The average molecular weight is 303 g/mol. The predicted octanol–water partition coefficient (Wildman–Crippen LogP) is 4.23. The Kier molecular flexibility index (Phi) is 3.22. The van der Waals surface area contributed by atoms with E-state index in [9.17, 15) is 0 Å². The van der Waals surface area contributed by atoms with E-state index in [1.807, 2.05) is 24.7 Å². The Hall–Kier alpha value is -2.55. The molecule has 2 heterocycles. The second-order valence-corrected chi connectivity index (χ2v) is 6.55. The first kappa shape index (κ1) is 14.1. The first-order chi connectivity index (χ1) is 11.2. The van der Waals surface area contributed by atoms with Gasteiger partial charge in [-0.25, -0.2) is 4.98 Å². The third-order valence-electron chi connectivity index (χ3n) is 5.05. The van der Waals surface area contributed by atoms with Gasteiger partial charge in [-0.3, -0.25) is 0 Å². The van der Waals surface area contributed by atoms with Crippen LogP contribution >= 0.6 is 0 Å². The molecular formula is C20H21N3. The maximum Gasteiger partial charge on any atom is 0.0956 e. The van der Waals surface area contributed by atoms with E-state index in [0.29, 0.717) is 0 Å². The lowest BCUT2D eigenvalue weighted by atomic mass is 9.79. The van der Waals surface area contributed by atoms with Gasteiger partial charge in [-0.05, 0) is 55.0 Å². The predicted molar refractivity (Wildman–Crippen MR) is 94.2 cm³/mol. The molecule has 1 atom stereocenters. The maximum absolute atomic E-state index is 6.09. The van der Waals surface area contributed by atoms with Crippen molar-refractivity contribution in [3.05, 3.63) is 72.3 Å². The van der Waals surface area contributed by atoms with Crippen LogP contribution in [-0.2, 0) is 12.0 Å². The summed E-state index contributed by atoms with van der Waals surface area (Å²) in [5, 5.41) is 0. The Bertz CT molecular complexity index is 835. The third kappa shape index (κ3) is 2.24. The molecule has 3 heteroatoms. The zero-order chi connectivity index (χ0) is 15.9. The molecular weight excluding hydrogens is 282 g/mol. The van der Waals surface area contributed by atoms with Crippen molar-refractivity contribution in [3.8, 4) is 11.1 Å². The van der Waals surface area contributed by atoms with Crippen LogP contribution in [0, 0.1) is 0 Å². The lowest BCUT2D eigenvalue weighted by Gasteiger charge is -2.38. The maximum atomic E-state index is 6.09. The number of imidazole rings is 1. The minimum atomic E-state index is -0.0804. The Labute approximate surface area is 136 Å². The van der Waals surface area contributed by atoms with Crippen LogP contribution in [0.4, 0.5) is 5.69 Å². The number of nitrogens with two attached hydrogens (primary N) is 1. The fraction of sp³-hybridized carbons (Fsp3) is 0.250. The largest absolute Gasteiger partial charge is 0.399 e. The normalized spacial score (nSPS) is 20.2. The highest BCUT2D eigenvalue weighted by Gasteiger charge is 2.35. The van der Waals surface area contributed by atoms with Crippen LogP contribution in [0.1, 0.15) is 31.0 Å². The molecule has 0 aliphatic carbocycles. The van der Waals surface area contributed by atoms with E-state index in [1.165, 1.54) is 28.8 Å². The molecule has 0 bridgehead atoms. The van der Waals surface area contributed by atoms with Gasteiger partial charge in [0.25, 0.3) is 0 Å². The summed E-state index contributed by atoms with van der Waals surface area (Å²) < 4.78 is 2.34. The Morgan fingerprint density at radius 3 is 2.78 bits per heavy atom. The average Bonchev–Trinajstić information content (AvgIpc) is 3.06. The molecule has 1 unspecified atom stereocenters. The van der Waals surface area contributed by atoms with Crippen LogP contribution in [0.3, 0.4) is 0 Å². The molecule has 1 aliphatic rings. The van der Waals surface area contributed by atoms with Crippen molar-refractivity contribution in [1.29, 1.82) is 0 Å². The summed E-state index contributed by atoms with van der Waals surface area (Å²) in [6.45, 7) is 2.31. The van der Waals surface area contributed by atoms with E-state index in [-0.39, 0.29) is 5.54 Å². The lowest BCUT2D eigenvalue weighted by molar-refractivity contribution is 0.313. The highest BCUT2D eigenvalue weighted by atomic mass is 15.1. The number of fused-ring (bicyclic) bond motifs is 1. The van der Waals surface area contributed by atoms with Crippen molar-refractivity contribution >= 4 is 5.69 Å². The summed E-state index contributed by atoms with van der Waals surface area (Å²) >= 11 is 0. The highest BCUT2D eigenvalue weighted by Crippen LogP contribution is 2.41. The minimum Gasteiger partial charge on any atom is -0.399 e. The zero-order valence-electron chi connectivity index (χ0n) is 13.4. The highest BCUT2D eigenvalue weighted by molar-refractivity contribution is 5.72. The second-order valence-electron chi connectivity index (χ2n) is 6.55. The smallest absolute Gasteiger partial charge is 0.0956 e. The van der Waals surface area contributed by atoms with E-state index in [0.717, 1.165) is 18.5 Å². The number of rotatable bonds is 2. The van der Waals surface area contributed by atoms with Gasteiger partial charge >= 0.3 is 0 Å². The topological polar surface area (TPSA) is 43.8 Å². The quantitative estimate of drug-likeness (QED) is 0.720. The molecule has 0 amide bonds. The molecule has 0 radical (unpaired) electrons. The van der Waals surface area contributed by atoms with Crippen molar-refractivity contribution in [2.45, 2.75) is 31.7 Å². The number of nitrogen functional groups attached to an aromatic ring is 1. The number of nitrogens with zero attached hydrogens (tertiary/aromatic N) is 2. The first-order valence-corrected chi connectivity index (χ1v) is 8.15. The van der Waals surface area contributed by atoms with Gasteiger partial charge in [0.15, 0.2) is 0 Å². The Morgan fingerprint density at radius 2 is 1.96 bits per heavy atom. The number of anilines is 1. The fourth-order valence-electron chi connectivity index (χ4n) is 3.84. The summed E-state index contributed by atoms with van der Waals surface area (Å²) in [5.41, 5.74) is 11.9. The number of hydrogen-bond donors (Lipinski definition) is 1. The van der Waals surface area contributed by atoms with Crippen LogP contribution in [0.5, 0.6) is 0 Å². The molecule has 2 aromatic carbocycles. The van der Waals surface area contributed by atoms with Crippen molar-refractivity contribution in [2.24, 2.45) is 0 Å². The number of benzene rings is 2. The molecule has 23 heavy (non-hydrogen) atoms. The van der Waals surface area contributed by atoms with Crippen LogP contribution in [0.15, 0.2) is 61.1 Å². The molecule has 0 fully saturated rings. The second kappa shape index (κ2) is 5.27. The Morgan fingerprint density at radius 1 is 1.13 bits per heavy atom. The van der Waals surface area contributed by atoms with Crippen LogP contribution in [-0.4, -0.2) is 9.55 Å². The number of hydrogen-bond acceptors (Lipinski definition) is 2. The molecule has 116 valence electrons. The van der Waals surface area contributed by atoms with E-state index < -0.39 is 0 Å². The van der Waals surface area contributed by atoms with Gasteiger partial charge in [-0.2, -0.15) is 0 Å². The van der Waals surface area contributed by atoms with E-state index in [2.05, 4.69) is 52.9 Å². The number of aromatic nitrogens is 2. The lowest BCUT2D eigenvalue weighted by Crippen LogP contribution is -2.36.